The van der Waals surface area contributed by atoms with Gasteiger partial charge in [-0.05, 0) is 52.7 Å². The number of benzene rings is 1. The summed E-state index contributed by atoms with van der Waals surface area (Å²) in [5.41, 5.74) is -0.794. The number of nitrogens with zero attached hydrogens (tertiary/aromatic N) is 5. The highest BCUT2D eigenvalue weighted by Gasteiger charge is 2.43. The molecule has 3 fully saturated rings. The van der Waals surface area contributed by atoms with E-state index in [2.05, 4.69) is 0 Å². The summed E-state index contributed by atoms with van der Waals surface area (Å²) in [6.45, 7) is 9.27. The van der Waals surface area contributed by atoms with E-state index in [1.54, 1.807) is 30.6 Å². The van der Waals surface area contributed by atoms with Gasteiger partial charge in [-0.2, -0.15) is 0 Å². The molecule has 13 heteroatoms. The van der Waals surface area contributed by atoms with Crippen LogP contribution in [0.25, 0.3) is 11.3 Å². The third-order valence-corrected chi connectivity index (χ3v) is 8.82. The number of carbonyl (C=O) groups excluding carboxylic acids is 3. The molecule has 44 heavy (non-hydrogen) atoms. The molecule has 3 amide bonds. The summed E-state index contributed by atoms with van der Waals surface area (Å²) in [6, 6.07) is 3.17. The summed E-state index contributed by atoms with van der Waals surface area (Å²) >= 11 is 6.85. The molecule has 1 N–H and O–H groups in total. The molecule has 11 nitrogen and oxygen atoms in total. The quantitative estimate of drug-likeness (QED) is 0.539. The van der Waals surface area contributed by atoms with Gasteiger partial charge in [0, 0.05) is 51.2 Å². The average Bonchev–Trinajstić information content (AvgIpc) is 3.82. The molecular formula is C31H37ClFN5O6. The Hall–Kier alpha value is -3.80. The van der Waals surface area contributed by atoms with E-state index in [-0.39, 0.29) is 89.2 Å². The lowest BCUT2D eigenvalue weighted by molar-refractivity contribution is -0.133. The molecule has 2 saturated heterocycles. The maximum absolute atomic E-state index is 15.2. The fourth-order valence-corrected chi connectivity index (χ4v) is 6.41. The lowest BCUT2D eigenvalue weighted by Gasteiger charge is -2.42. The molecule has 1 aromatic carbocycles. The van der Waals surface area contributed by atoms with Crippen LogP contribution in [0.1, 0.15) is 50.9 Å². The van der Waals surface area contributed by atoms with Crippen molar-refractivity contribution >= 4 is 35.3 Å². The monoisotopic (exact) mass is 629 g/mol. The Balaban J connectivity index is 1.39. The minimum atomic E-state index is -0.733. The molecule has 0 bridgehead atoms. The largest absolute Gasteiger partial charge is 0.507 e. The van der Waals surface area contributed by atoms with Crippen molar-refractivity contribution in [3.63, 3.8) is 0 Å². The van der Waals surface area contributed by atoms with Crippen molar-refractivity contribution in [1.29, 1.82) is 0 Å². The molecule has 236 valence electrons. The predicted octanol–water partition coefficient (Wildman–Crippen LogP) is 4.15. The minimum absolute atomic E-state index is 0.0170. The van der Waals surface area contributed by atoms with Crippen LogP contribution in [0.2, 0.25) is 5.02 Å². The highest BCUT2D eigenvalue weighted by molar-refractivity contribution is 6.35. The molecule has 2 aromatic rings. The average molecular weight is 630 g/mol. The Bertz CT molecular complexity index is 1490. The summed E-state index contributed by atoms with van der Waals surface area (Å²) in [4.78, 5) is 51.8. The van der Waals surface area contributed by atoms with Gasteiger partial charge in [-0.25, -0.2) is 14.2 Å². The first-order valence-corrected chi connectivity index (χ1v) is 15.4. The number of hydrogen-bond donors (Lipinski definition) is 1. The topological polar surface area (TPSA) is 116 Å². The Morgan fingerprint density at radius 1 is 1.07 bits per heavy atom. The van der Waals surface area contributed by atoms with Crippen LogP contribution in [0.3, 0.4) is 0 Å². The zero-order valence-electron chi connectivity index (χ0n) is 25.3. The Labute approximate surface area is 260 Å². The van der Waals surface area contributed by atoms with E-state index in [9.17, 15) is 19.5 Å². The van der Waals surface area contributed by atoms with Gasteiger partial charge in [-0.3, -0.25) is 9.59 Å². The van der Waals surface area contributed by atoms with Crippen molar-refractivity contribution in [3.05, 3.63) is 34.6 Å². The molecule has 6 rings (SSSR count). The molecule has 3 aliphatic heterocycles. The van der Waals surface area contributed by atoms with Crippen LogP contribution < -0.4 is 9.64 Å². The summed E-state index contributed by atoms with van der Waals surface area (Å²) in [7, 11) is 0. The lowest BCUT2D eigenvalue weighted by Crippen LogP contribution is -2.58. The van der Waals surface area contributed by atoms with Crippen LogP contribution >= 0.6 is 11.6 Å². The highest BCUT2D eigenvalue weighted by atomic mass is 35.5. The van der Waals surface area contributed by atoms with E-state index in [0.29, 0.717) is 19.6 Å². The summed E-state index contributed by atoms with van der Waals surface area (Å²) < 4.78 is 27.0. The van der Waals surface area contributed by atoms with Crippen LogP contribution in [-0.4, -0.2) is 106 Å². The van der Waals surface area contributed by atoms with E-state index in [1.165, 1.54) is 18.2 Å². The minimum Gasteiger partial charge on any atom is -0.507 e. The number of aromatic hydroxyl groups is 1. The number of hydrogen-bond acceptors (Lipinski definition) is 8. The molecule has 4 aliphatic rings. The maximum Gasteiger partial charge on any atom is 0.410 e. The number of pyridine rings is 1. The zero-order valence-corrected chi connectivity index (χ0v) is 26.1. The van der Waals surface area contributed by atoms with Crippen LogP contribution in [0.15, 0.2) is 18.2 Å². The van der Waals surface area contributed by atoms with Gasteiger partial charge < -0.3 is 34.2 Å². The second-order valence-electron chi connectivity index (χ2n) is 12.9. The number of fused-ring (bicyclic) bond motifs is 2. The zero-order chi connectivity index (χ0) is 31.5. The predicted molar refractivity (Wildman–Crippen MR) is 161 cm³/mol. The van der Waals surface area contributed by atoms with E-state index >= 15 is 4.39 Å². The van der Waals surface area contributed by atoms with Crippen molar-refractivity contribution < 1.29 is 33.4 Å². The van der Waals surface area contributed by atoms with Crippen LogP contribution in [0, 0.1) is 11.7 Å². The fraction of sp³-hybridized carbons (Fsp3) is 0.548. The van der Waals surface area contributed by atoms with Gasteiger partial charge in [0.2, 0.25) is 5.91 Å². The van der Waals surface area contributed by atoms with Crippen molar-refractivity contribution in [2.45, 2.75) is 58.2 Å². The van der Waals surface area contributed by atoms with Crippen LogP contribution in [0.5, 0.6) is 11.5 Å². The molecule has 0 radical (unpaired) electrons. The standard InChI is InChI=1S/C31H37ClFN5O6/c1-17-14-35(28(40)18-8-9-18)10-12-37(17)27-23-26(24(32)25(34-27)22-20(33)6-5-7-21(22)39)43-16-19-15-36(11-13-38(19)29(23)41)30(42)44-31(2,3)4/h5-7,17-19,39H,8-16H2,1-4H3/t17-,19+/m0/s1. The van der Waals surface area contributed by atoms with E-state index < -0.39 is 23.6 Å². The number of halogens is 2. The van der Waals surface area contributed by atoms with Gasteiger partial charge in [0.15, 0.2) is 5.75 Å². The molecule has 1 aliphatic carbocycles. The Kier molecular flexibility index (Phi) is 7.75. The van der Waals surface area contributed by atoms with E-state index in [0.717, 1.165) is 12.8 Å². The van der Waals surface area contributed by atoms with E-state index in [1.807, 2.05) is 16.7 Å². The first-order chi connectivity index (χ1) is 20.8. The lowest BCUT2D eigenvalue weighted by atomic mass is 10.0. The summed E-state index contributed by atoms with van der Waals surface area (Å²) in [5.74, 6) is -0.951. The van der Waals surface area contributed by atoms with Gasteiger partial charge in [0.25, 0.3) is 5.91 Å². The van der Waals surface area contributed by atoms with Gasteiger partial charge in [0.05, 0.1) is 11.6 Å². The molecule has 1 aromatic heterocycles. The van der Waals surface area contributed by atoms with Crippen molar-refractivity contribution in [1.82, 2.24) is 19.7 Å². The number of amides is 3. The number of carbonyl (C=O) groups is 3. The van der Waals surface area contributed by atoms with Crippen LogP contribution in [0.4, 0.5) is 15.0 Å². The number of aromatic nitrogens is 1. The van der Waals surface area contributed by atoms with E-state index in [4.69, 9.17) is 26.1 Å². The molecule has 4 heterocycles. The van der Waals surface area contributed by atoms with Crippen molar-refractivity contribution in [2.24, 2.45) is 5.92 Å². The molecule has 0 spiro atoms. The van der Waals surface area contributed by atoms with Gasteiger partial charge in [0.1, 0.15) is 45.9 Å². The van der Waals surface area contributed by atoms with Crippen molar-refractivity contribution in [2.75, 3.05) is 50.8 Å². The Morgan fingerprint density at radius 2 is 1.77 bits per heavy atom. The summed E-state index contributed by atoms with van der Waals surface area (Å²) in [5, 5.41) is 10.6. The number of anilines is 1. The number of phenolic OH excluding ortho intramolecular Hbond substituents is 1. The molecular weight excluding hydrogens is 593 g/mol. The van der Waals surface area contributed by atoms with Gasteiger partial charge >= 0.3 is 6.09 Å². The highest BCUT2D eigenvalue weighted by Crippen LogP contribution is 2.46. The number of rotatable bonds is 3. The second-order valence-corrected chi connectivity index (χ2v) is 13.3. The molecule has 0 unspecified atom stereocenters. The fourth-order valence-electron chi connectivity index (χ4n) is 6.12. The maximum atomic E-state index is 15.2. The normalized spacial score (nSPS) is 22.2. The van der Waals surface area contributed by atoms with Gasteiger partial charge in [-0.1, -0.05) is 17.7 Å². The second kappa shape index (κ2) is 11.3. The number of ether oxygens (including phenoxy) is 2. The smallest absolute Gasteiger partial charge is 0.410 e. The summed E-state index contributed by atoms with van der Waals surface area (Å²) in [6.07, 6.45) is 1.34. The Morgan fingerprint density at radius 3 is 2.43 bits per heavy atom. The van der Waals surface area contributed by atoms with Crippen molar-refractivity contribution in [3.8, 4) is 22.8 Å². The van der Waals surface area contributed by atoms with Crippen LogP contribution in [-0.2, 0) is 9.53 Å². The SMILES string of the molecule is C[C@H]1CN(C(=O)C2CC2)CCN1c1nc(-c2c(O)cccc2F)c(Cl)c2c1C(=O)N1CCN(C(=O)OC(C)(C)C)C[C@@H]1CO2. The first-order valence-electron chi connectivity index (χ1n) is 15.0. The van der Waals surface area contributed by atoms with Gasteiger partial charge in [-0.15, -0.1) is 0 Å². The first kappa shape index (κ1) is 30.2. The molecule has 2 atom stereocenters. The molecule has 1 saturated carbocycles. The third-order valence-electron chi connectivity index (χ3n) is 8.47. The third kappa shape index (κ3) is 5.60. The number of piperazine rings is 2. The number of phenols is 1.